The zero-order valence-electron chi connectivity index (χ0n) is 28.5. The van der Waals surface area contributed by atoms with Gasteiger partial charge in [-0.3, -0.25) is 4.79 Å². The number of allylic oxidation sites excluding steroid dienone is 4. The Morgan fingerprint density at radius 2 is 1.63 bits per heavy atom. The number of urea groups is 1. The Morgan fingerprint density at radius 1 is 0.939 bits per heavy atom. The van der Waals surface area contributed by atoms with Gasteiger partial charge in [0.25, 0.3) is 0 Å². The van der Waals surface area contributed by atoms with Crippen LogP contribution in [-0.2, 0) is 6.18 Å². The van der Waals surface area contributed by atoms with E-state index < -0.39 is 45.5 Å². The normalized spacial score (nSPS) is 37.5. The highest BCUT2D eigenvalue weighted by Crippen LogP contribution is 2.78. The summed E-state index contributed by atoms with van der Waals surface area (Å²) in [6.07, 6.45) is 6.22. The average Bonchev–Trinajstić information content (AvgIpc) is 3.34. The molecular weight excluding hydrogens is 629 g/mol. The van der Waals surface area contributed by atoms with E-state index in [0.29, 0.717) is 62.8 Å². The van der Waals surface area contributed by atoms with Crippen molar-refractivity contribution in [1.82, 2.24) is 4.90 Å². The Bertz CT molecular complexity index is 1710. The smallest absolute Gasteiger partial charge is 0.393 e. The van der Waals surface area contributed by atoms with Crippen LogP contribution < -0.4 is 5.32 Å². The van der Waals surface area contributed by atoms with Crippen molar-refractivity contribution in [2.45, 2.75) is 90.0 Å². The highest BCUT2D eigenvalue weighted by Gasteiger charge is 2.74. The number of anilines is 1. The Morgan fingerprint density at radius 3 is 2.35 bits per heavy atom. The molecule has 0 aromatic heterocycles. The van der Waals surface area contributed by atoms with Gasteiger partial charge in [-0.05, 0) is 92.9 Å². The highest BCUT2D eigenvalue weighted by atomic mass is 19.4. The summed E-state index contributed by atoms with van der Waals surface area (Å²) < 4.78 is 41.5. The van der Waals surface area contributed by atoms with Crippen LogP contribution in [0.5, 0.6) is 0 Å². The van der Waals surface area contributed by atoms with Gasteiger partial charge in [0.2, 0.25) is 0 Å². The first-order valence-corrected chi connectivity index (χ1v) is 17.8. The SMILES string of the molecule is CCCN(C[C@]1(O)CC[C@H]2[C@]34C=C[C@@]5(C=C3C(=O)c3cccc(C(F)(F)F)c3)CC(O)CC[C@]5(C)[C@H]4CC[C@@]21C)C(=O)Nc1ccccc1. The first-order valence-electron chi connectivity index (χ1n) is 17.8. The number of carbonyl (C=O) groups is 2. The van der Waals surface area contributed by atoms with Crippen molar-refractivity contribution in [2.75, 3.05) is 18.4 Å². The summed E-state index contributed by atoms with van der Waals surface area (Å²) in [5, 5.41) is 26.7. The fourth-order valence-corrected chi connectivity index (χ4v) is 11.2. The third-order valence-corrected chi connectivity index (χ3v) is 13.7. The standard InChI is InChI=1S/C40H47F3N2O4/c1-4-21-45(34(48)44-28-11-6-5-7-12-28)25-38(49)18-15-32-36(38,3)17-14-31-35(2)16-13-29(46)23-37(35)19-20-39(31,32)30(24-37)33(47)26-9-8-10-27(22-26)40(41,42)43/h5-12,19-20,22,24,29,31-32,46,49H,4,13-18,21,23,25H2,1-3H3,(H,44,48)/t29?,31-,32-,35-,36+,37+,38-,39-/m1/s1. The molecule has 8 atom stereocenters. The monoisotopic (exact) mass is 676 g/mol. The number of Topliss-reactive ketones (excluding diaryl/α,β-unsaturated/α-hetero) is 1. The van der Waals surface area contributed by atoms with Gasteiger partial charge in [0.05, 0.1) is 23.8 Å². The van der Waals surface area contributed by atoms with Crippen molar-refractivity contribution in [3.8, 4) is 0 Å². The minimum Gasteiger partial charge on any atom is -0.393 e. The molecule has 2 bridgehead atoms. The van der Waals surface area contributed by atoms with Gasteiger partial charge >= 0.3 is 12.2 Å². The summed E-state index contributed by atoms with van der Waals surface area (Å²) in [4.78, 5) is 30.0. The van der Waals surface area contributed by atoms with E-state index in [-0.39, 0.29) is 35.4 Å². The number of aliphatic hydroxyl groups is 2. The number of halogens is 3. The molecule has 1 unspecified atom stereocenters. The van der Waals surface area contributed by atoms with Gasteiger partial charge in [0, 0.05) is 39.6 Å². The molecule has 3 saturated carbocycles. The van der Waals surface area contributed by atoms with E-state index in [2.05, 4.69) is 31.3 Å². The molecule has 3 fully saturated rings. The number of nitrogens with one attached hydrogen (secondary N) is 1. The predicted octanol–water partition coefficient (Wildman–Crippen LogP) is 8.42. The zero-order chi connectivity index (χ0) is 35.0. The number of carbonyl (C=O) groups excluding carboxylic acids is 2. The first kappa shape index (κ1) is 34.0. The number of hydrogen-bond acceptors (Lipinski definition) is 4. The molecule has 2 aromatic rings. The molecule has 6 aliphatic carbocycles. The van der Waals surface area contributed by atoms with Crippen LogP contribution in [0.4, 0.5) is 23.7 Å². The molecule has 0 heterocycles. The van der Waals surface area contributed by atoms with E-state index >= 15 is 0 Å². The Hall–Kier alpha value is -3.43. The molecule has 0 radical (unpaired) electrons. The summed E-state index contributed by atoms with van der Waals surface area (Å²) in [5.74, 6) is -0.610. The van der Waals surface area contributed by atoms with E-state index in [0.717, 1.165) is 18.6 Å². The van der Waals surface area contributed by atoms with Crippen LogP contribution in [0.15, 0.2) is 78.4 Å². The number of alkyl halides is 3. The molecule has 6 aliphatic rings. The van der Waals surface area contributed by atoms with E-state index in [4.69, 9.17) is 0 Å². The maximum Gasteiger partial charge on any atom is 0.416 e. The molecule has 9 heteroatoms. The first-order chi connectivity index (χ1) is 23.1. The number of aliphatic hydroxyl groups excluding tert-OH is 1. The lowest BCUT2D eigenvalue weighted by Crippen LogP contribution is -2.67. The van der Waals surface area contributed by atoms with Gasteiger partial charge in [-0.15, -0.1) is 0 Å². The van der Waals surface area contributed by atoms with Crippen LogP contribution in [0.1, 0.15) is 88.1 Å². The molecule has 3 N–H and O–H groups in total. The number of para-hydroxylation sites is 1. The molecular formula is C40H47F3N2O4. The van der Waals surface area contributed by atoms with Crippen LogP contribution in [0.2, 0.25) is 0 Å². The quantitative estimate of drug-likeness (QED) is 0.203. The molecule has 2 aromatic carbocycles. The van der Waals surface area contributed by atoms with Crippen LogP contribution >= 0.6 is 0 Å². The van der Waals surface area contributed by atoms with E-state index in [1.807, 2.05) is 43.3 Å². The Balaban J connectivity index is 1.30. The van der Waals surface area contributed by atoms with Gasteiger partial charge in [-0.1, -0.05) is 69.3 Å². The van der Waals surface area contributed by atoms with Crippen molar-refractivity contribution in [3.63, 3.8) is 0 Å². The fraction of sp³-hybridized carbons (Fsp3) is 0.550. The minimum atomic E-state index is -4.59. The maximum atomic E-state index is 14.7. The number of ketones is 1. The summed E-state index contributed by atoms with van der Waals surface area (Å²) in [5.41, 5.74) is -3.34. The van der Waals surface area contributed by atoms with Crippen molar-refractivity contribution in [3.05, 3.63) is 89.5 Å². The number of hydrogen-bond donors (Lipinski definition) is 3. The fourth-order valence-electron chi connectivity index (χ4n) is 11.2. The molecule has 0 aliphatic heterocycles. The molecule has 49 heavy (non-hydrogen) atoms. The van der Waals surface area contributed by atoms with Crippen LogP contribution in [0.3, 0.4) is 0 Å². The van der Waals surface area contributed by atoms with Crippen LogP contribution in [0, 0.1) is 33.5 Å². The van der Waals surface area contributed by atoms with Gasteiger partial charge in [-0.2, -0.15) is 13.2 Å². The lowest BCUT2D eigenvalue weighted by molar-refractivity contribution is -0.174. The van der Waals surface area contributed by atoms with Crippen molar-refractivity contribution >= 4 is 17.5 Å². The third kappa shape index (κ3) is 4.96. The average molecular weight is 677 g/mol. The van der Waals surface area contributed by atoms with Gasteiger partial charge in [0.15, 0.2) is 5.78 Å². The molecule has 2 spiro atoms. The maximum absolute atomic E-state index is 14.7. The van der Waals surface area contributed by atoms with Crippen LogP contribution in [0.25, 0.3) is 0 Å². The highest BCUT2D eigenvalue weighted by molar-refractivity contribution is 6.10. The third-order valence-electron chi connectivity index (χ3n) is 13.7. The van der Waals surface area contributed by atoms with Crippen LogP contribution in [-0.4, -0.2) is 51.7 Å². The van der Waals surface area contributed by atoms with Gasteiger partial charge in [-0.25, -0.2) is 4.79 Å². The number of nitrogens with zero attached hydrogens (tertiary/aromatic N) is 1. The van der Waals surface area contributed by atoms with Gasteiger partial charge in [0.1, 0.15) is 0 Å². The largest absolute Gasteiger partial charge is 0.416 e. The molecule has 262 valence electrons. The summed E-state index contributed by atoms with van der Waals surface area (Å²) in [6.45, 7) is 6.95. The number of benzene rings is 2. The summed E-state index contributed by atoms with van der Waals surface area (Å²) in [6, 6.07) is 13.6. The molecule has 6 nitrogen and oxygen atoms in total. The molecule has 8 rings (SSSR count). The Kier molecular flexibility index (Phi) is 8.03. The number of amides is 2. The van der Waals surface area contributed by atoms with E-state index in [1.165, 1.54) is 12.1 Å². The van der Waals surface area contributed by atoms with E-state index in [9.17, 15) is 33.0 Å². The van der Waals surface area contributed by atoms with Crippen molar-refractivity contribution in [1.29, 1.82) is 0 Å². The zero-order valence-corrected chi connectivity index (χ0v) is 28.5. The van der Waals surface area contributed by atoms with E-state index in [1.54, 1.807) is 4.90 Å². The summed E-state index contributed by atoms with van der Waals surface area (Å²) in [7, 11) is 0. The second-order valence-corrected chi connectivity index (χ2v) is 15.9. The topological polar surface area (TPSA) is 89.9 Å². The molecule has 2 amide bonds. The lowest BCUT2D eigenvalue weighted by atomic mass is 9.32. The summed E-state index contributed by atoms with van der Waals surface area (Å²) >= 11 is 0. The van der Waals surface area contributed by atoms with Crippen molar-refractivity contribution < 1.29 is 33.0 Å². The lowest BCUT2D eigenvalue weighted by Gasteiger charge is -2.71. The van der Waals surface area contributed by atoms with Crippen molar-refractivity contribution in [2.24, 2.45) is 33.5 Å². The minimum absolute atomic E-state index is 0.000739. The predicted molar refractivity (Wildman–Crippen MR) is 182 cm³/mol. The number of rotatable bonds is 7. The number of fused-ring (bicyclic) bond motifs is 1. The second kappa shape index (κ2) is 11.6. The molecule has 0 saturated heterocycles. The second-order valence-electron chi connectivity index (χ2n) is 15.9. The van der Waals surface area contributed by atoms with Gasteiger partial charge < -0.3 is 20.4 Å². The Labute approximate surface area is 286 Å².